The molecule has 0 bridgehead atoms. The molecule has 3 amide bonds. The van der Waals surface area contributed by atoms with E-state index in [2.05, 4.69) is 16.0 Å². The molecule has 12 nitrogen and oxygen atoms in total. The molecule has 0 aliphatic carbocycles. The predicted molar refractivity (Wildman–Crippen MR) is 133 cm³/mol. The van der Waals surface area contributed by atoms with E-state index in [1.807, 2.05) is 6.92 Å². The van der Waals surface area contributed by atoms with Crippen LogP contribution < -0.4 is 27.4 Å². The molecule has 1 rings (SSSR count). The summed E-state index contributed by atoms with van der Waals surface area (Å²) in [5, 5.41) is 35.2. The number of hydrogen-bond acceptors (Lipinski definition) is 8. The second kappa shape index (κ2) is 15.7. The number of aromatic hydroxyl groups is 1. The van der Waals surface area contributed by atoms with Crippen molar-refractivity contribution in [1.29, 1.82) is 0 Å². The second-order valence-corrected chi connectivity index (χ2v) is 8.78. The monoisotopic (exact) mass is 509 g/mol. The first-order valence-electron chi connectivity index (χ1n) is 12.0. The molecule has 0 radical (unpaired) electrons. The van der Waals surface area contributed by atoms with Crippen molar-refractivity contribution in [1.82, 2.24) is 16.0 Å². The number of phenolic OH excluding ortho intramolecular Hbond substituents is 1. The maximum absolute atomic E-state index is 13.2. The molecule has 0 aliphatic heterocycles. The van der Waals surface area contributed by atoms with Gasteiger partial charge in [0.1, 0.15) is 23.9 Å². The Hall–Kier alpha value is -3.22. The number of aliphatic carboxylic acids is 1. The molecule has 0 heterocycles. The third-order valence-electron chi connectivity index (χ3n) is 5.90. The van der Waals surface area contributed by atoms with Crippen molar-refractivity contribution < 1.29 is 34.5 Å². The number of carbonyl (C=O) groups excluding carboxylic acids is 3. The smallest absolute Gasteiger partial charge is 0.328 e. The summed E-state index contributed by atoms with van der Waals surface area (Å²) in [4.78, 5) is 49.9. The molecule has 0 spiro atoms. The Morgan fingerprint density at radius 2 is 1.56 bits per heavy atom. The van der Waals surface area contributed by atoms with Gasteiger partial charge in [-0.25, -0.2) is 4.79 Å². The number of unbranched alkanes of at least 4 members (excludes halogenated alkanes) is 1. The number of carbonyl (C=O) groups is 4. The lowest BCUT2D eigenvalue weighted by Crippen LogP contribution is -2.59. The summed E-state index contributed by atoms with van der Waals surface area (Å²) in [7, 11) is 0. The molecule has 10 N–H and O–H groups in total. The standard InChI is InChI=1S/C24H39N5O7/c1-3-14(2)20(29-21(32)17(26)12-15-7-9-16(31)10-8-15)23(34)27-18(6-4-5-11-25)22(33)28-19(13-30)24(35)36/h7-10,14,17-20,30-31H,3-6,11-13,25-26H2,1-2H3,(H,27,34)(H,28,33)(H,29,32)(H,35,36). The molecular formula is C24H39N5O7. The Bertz CT molecular complexity index is 865. The highest BCUT2D eigenvalue weighted by Crippen LogP contribution is 2.13. The topological polar surface area (TPSA) is 217 Å². The van der Waals surface area contributed by atoms with Gasteiger partial charge in [-0.05, 0) is 55.8 Å². The number of rotatable bonds is 16. The zero-order valence-electron chi connectivity index (χ0n) is 20.8. The largest absolute Gasteiger partial charge is 0.508 e. The van der Waals surface area contributed by atoms with Gasteiger partial charge in [0, 0.05) is 0 Å². The Morgan fingerprint density at radius 1 is 0.944 bits per heavy atom. The van der Waals surface area contributed by atoms with Gasteiger partial charge < -0.3 is 42.7 Å². The van der Waals surface area contributed by atoms with Crippen molar-refractivity contribution >= 4 is 23.7 Å². The van der Waals surface area contributed by atoms with Gasteiger partial charge in [0.25, 0.3) is 0 Å². The zero-order valence-corrected chi connectivity index (χ0v) is 20.8. The molecule has 5 atom stereocenters. The molecular weight excluding hydrogens is 470 g/mol. The summed E-state index contributed by atoms with van der Waals surface area (Å²) < 4.78 is 0. The number of hydrogen-bond donors (Lipinski definition) is 8. The van der Waals surface area contributed by atoms with Gasteiger partial charge in [-0.15, -0.1) is 0 Å². The number of aliphatic hydroxyl groups excluding tert-OH is 1. The summed E-state index contributed by atoms with van der Waals surface area (Å²) in [5.41, 5.74) is 12.3. The van der Waals surface area contributed by atoms with Crippen molar-refractivity contribution in [3.05, 3.63) is 29.8 Å². The summed E-state index contributed by atoms with van der Waals surface area (Å²) in [6.45, 7) is 3.18. The highest BCUT2D eigenvalue weighted by Gasteiger charge is 2.32. The minimum absolute atomic E-state index is 0.0870. The molecule has 0 fully saturated rings. The fourth-order valence-corrected chi connectivity index (χ4v) is 3.42. The van der Waals surface area contributed by atoms with Crippen LogP contribution in [0, 0.1) is 5.92 Å². The Kier molecular flexibility index (Phi) is 13.4. The molecule has 0 aliphatic rings. The van der Waals surface area contributed by atoms with E-state index >= 15 is 0 Å². The van der Waals surface area contributed by atoms with Crippen LogP contribution in [0.3, 0.4) is 0 Å². The van der Waals surface area contributed by atoms with Crippen LogP contribution in [0.1, 0.15) is 45.1 Å². The Labute approximate surface area is 210 Å². The lowest BCUT2D eigenvalue weighted by Gasteiger charge is -2.28. The number of carboxylic acids is 1. The van der Waals surface area contributed by atoms with Crippen LogP contribution in [0.5, 0.6) is 5.75 Å². The fourth-order valence-electron chi connectivity index (χ4n) is 3.42. The predicted octanol–water partition coefficient (Wildman–Crippen LogP) is -1.03. The van der Waals surface area contributed by atoms with Gasteiger partial charge in [0.15, 0.2) is 0 Å². The maximum atomic E-state index is 13.2. The van der Waals surface area contributed by atoms with Crippen molar-refractivity contribution in [3.63, 3.8) is 0 Å². The lowest BCUT2D eigenvalue weighted by molar-refractivity contribution is -0.143. The number of nitrogens with two attached hydrogens (primary N) is 2. The van der Waals surface area contributed by atoms with E-state index < -0.39 is 54.5 Å². The van der Waals surface area contributed by atoms with Crippen LogP contribution in [0.4, 0.5) is 0 Å². The van der Waals surface area contributed by atoms with Crippen molar-refractivity contribution in [2.24, 2.45) is 17.4 Å². The normalized spacial score (nSPS) is 15.1. The fraction of sp³-hybridized carbons (Fsp3) is 0.583. The van der Waals surface area contributed by atoms with E-state index in [1.165, 1.54) is 12.1 Å². The van der Waals surface area contributed by atoms with Crippen molar-refractivity contribution in [2.75, 3.05) is 13.2 Å². The first kappa shape index (κ1) is 30.8. The maximum Gasteiger partial charge on any atom is 0.328 e. The number of carboxylic acid groups (broad SMARTS) is 1. The zero-order chi connectivity index (χ0) is 27.3. The summed E-state index contributed by atoms with van der Waals surface area (Å²) in [6.07, 6.45) is 1.99. The van der Waals surface area contributed by atoms with Crippen molar-refractivity contribution in [3.8, 4) is 5.75 Å². The van der Waals surface area contributed by atoms with Crippen LogP contribution in [0.25, 0.3) is 0 Å². The van der Waals surface area contributed by atoms with E-state index in [-0.39, 0.29) is 24.5 Å². The van der Waals surface area contributed by atoms with Crippen LogP contribution in [-0.2, 0) is 25.6 Å². The lowest BCUT2D eigenvalue weighted by atomic mass is 9.96. The summed E-state index contributed by atoms with van der Waals surface area (Å²) >= 11 is 0. The van der Waals surface area contributed by atoms with E-state index in [0.29, 0.717) is 25.8 Å². The first-order valence-corrected chi connectivity index (χ1v) is 12.0. The van der Waals surface area contributed by atoms with Crippen LogP contribution in [0.2, 0.25) is 0 Å². The summed E-state index contributed by atoms with van der Waals surface area (Å²) in [6, 6.07) is 1.68. The molecule has 5 unspecified atom stereocenters. The van der Waals surface area contributed by atoms with E-state index in [0.717, 1.165) is 5.56 Å². The quantitative estimate of drug-likeness (QED) is 0.128. The third-order valence-corrected chi connectivity index (χ3v) is 5.90. The average molecular weight is 510 g/mol. The number of nitrogens with one attached hydrogen (secondary N) is 3. The van der Waals surface area contributed by atoms with E-state index in [4.69, 9.17) is 16.6 Å². The SMILES string of the molecule is CCC(C)C(NC(=O)C(N)Cc1ccc(O)cc1)C(=O)NC(CCCCN)C(=O)NC(CO)C(=O)O. The second-order valence-electron chi connectivity index (χ2n) is 8.78. The number of aliphatic hydroxyl groups is 1. The van der Waals surface area contributed by atoms with Crippen LogP contribution >= 0.6 is 0 Å². The summed E-state index contributed by atoms with van der Waals surface area (Å²) in [5.74, 6) is -3.56. The molecule has 12 heteroatoms. The third kappa shape index (κ3) is 10.2. The van der Waals surface area contributed by atoms with Gasteiger partial charge in [0.05, 0.1) is 12.6 Å². The van der Waals surface area contributed by atoms with Gasteiger partial charge in [0.2, 0.25) is 17.7 Å². The Balaban J connectivity index is 2.95. The van der Waals surface area contributed by atoms with Crippen LogP contribution in [-0.4, -0.2) is 76.3 Å². The minimum Gasteiger partial charge on any atom is -0.508 e. The molecule has 0 aromatic heterocycles. The minimum atomic E-state index is -1.52. The van der Waals surface area contributed by atoms with Crippen molar-refractivity contribution in [2.45, 2.75) is 70.1 Å². The first-order chi connectivity index (χ1) is 17.0. The average Bonchev–Trinajstić information content (AvgIpc) is 2.85. The molecule has 1 aromatic carbocycles. The molecule has 1 aromatic rings. The number of amides is 3. The van der Waals surface area contributed by atoms with Gasteiger partial charge >= 0.3 is 5.97 Å². The highest BCUT2D eigenvalue weighted by molar-refractivity contribution is 5.94. The number of phenols is 1. The van der Waals surface area contributed by atoms with Gasteiger partial charge in [-0.1, -0.05) is 32.4 Å². The Morgan fingerprint density at radius 3 is 2.08 bits per heavy atom. The number of benzene rings is 1. The molecule has 0 saturated heterocycles. The van der Waals surface area contributed by atoms with E-state index in [9.17, 15) is 29.4 Å². The molecule has 0 saturated carbocycles. The van der Waals surface area contributed by atoms with Crippen LogP contribution in [0.15, 0.2) is 24.3 Å². The highest BCUT2D eigenvalue weighted by atomic mass is 16.4. The molecule has 202 valence electrons. The van der Waals surface area contributed by atoms with E-state index in [1.54, 1.807) is 19.1 Å². The van der Waals surface area contributed by atoms with Gasteiger partial charge in [-0.2, -0.15) is 0 Å². The molecule has 36 heavy (non-hydrogen) atoms. The van der Waals surface area contributed by atoms with Gasteiger partial charge in [-0.3, -0.25) is 14.4 Å².